The van der Waals surface area contributed by atoms with E-state index in [1.165, 1.54) is 17.7 Å². The number of phenolic OH excluding ortho intramolecular Hbond substituents is 1. The molecular formula is C29H39N3O6. The van der Waals surface area contributed by atoms with Crippen LogP contribution in [0, 0.1) is 0 Å². The van der Waals surface area contributed by atoms with Crippen molar-refractivity contribution in [3.8, 4) is 5.75 Å². The first-order chi connectivity index (χ1) is 17.7. The van der Waals surface area contributed by atoms with Crippen LogP contribution in [0.15, 0.2) is 42.5 Å². The normalized spacial score (nSPS) is 14.6. The second-order valence-corrected chi connectivity index (χ2v) is 11.5. The number of hydrogen-bond acceptors (Lipinski definition) is 6. The van der Waals surface area contributed by atoms with Gasteiger partial charge in [0.05, 0.1) is 11.2 Å². The summed E-state index contributed by atoms with van der Waals surface area (Å²) < 4.78 is 5.30. The minimum absolute atomic E-state index is 0.0329. The number of nitrogens with zero attached hydrogens (tertiary/aromatic N) is 1. The SMILES string of the molecule is CC(C)(C)ONC(=O)c1ccc(C(=O)N2CCC(c3cccc(CNC(=O)OC(C)(C)C)c3)CC2)cc1O. The highest BCUT2D eigenvalue weighted by Gasteiger charge is 2.26. The molecule has 1 aliphatic rings. The number of benzene rings is 2. The molecule has 9 heteroatoms. The van der Waals surface area contributed by atoms with E-state index in [0.717, 1.165) is 18.4 Å². The van der Waals surface area contributed by atoms with Gasteiger partial charge in [-0.2, -0.15) is 0 Å². The van der Waals surface area contributed by atoms with Crippen LogP contribution in [-0.4, -0.2) is 52.2 Å². The molecule has 1 aliphatic heterocycles. The van der Waals surface area contributed by atoms with Gasteiger partial charge in [-0.25, -0.2) is 10.3 Å². The average Bonchev–Trinajstić information content (AvgIpc) is 2.84. The quantitative estimate of drug-likeness (QED) is 0.462. The summed E-state index contributed by atoms with van der Waals surface area (Å²) in [6.45, 7) is 12.4. The smallest absolute Gasteiger partial charge is 0.407 e. The molecule has 2 aromatic carbocycles. The zero-order valence-corrected chi connectivity index (χ0v) is 23.1. The molecule has 9 nitrogen and oxygen atoms in total. The van der Waals surface area contributed by atoms with Crippen molar-refractivity contribution in [1.29, 1.82) is 0 Å². The van der Waals surface area contributed by atoms with Crippen molar-refractivity contribution >= 4 is 17.9 Å². The van der Waals surface area contributed by atoms with Crippen LogP contribution >= 0.6 is 0 Å². The lowest BCUT2D eigenvalue weighted by Gasteiger charge is -2.32. The fourth-order valence-electron chi connectivity index (χ4n) is 4.16. The van der Waals surface area contributed by atoms with Crippen molar-refractivity contribution in [2.45, 2.75) is 78.0 Å². The molecular weight excluding hydrogens is 486 g/mol. The number of hydrogen-bond donors (Lipinski definition) is 3. The zero-order chi connectivity index (χ0) is 28.1. The Morgan fingerprint density at radius 3 is 2.26 bits per heavy atom. The number of alkyl carbamates (subject to hydrolysis) is 1. The molecule has 0 aromatic heterocycles. The van der Waals surface area contributed by atoms with Crippen molar-refractivity contribution in [1.82, 2.24) is 15.7 Å². The Morgan fingerprint density at radius 1 is 0.974 bits per heavy atom. The molecule has 3 amide bonds. The van der Waals surface area contributed by atoms with Gasteiger partial charge in [0.1, 0.15) is 11.4 Å². The van der Waals surface area contributed by atoms with Gasteiger partial charge in [0, 0.05) is 25.2 Å². The second kappa shape index (κ2) is 11.9. The number of carbonyl (C=O) groups excluding carboxylic acids is 3. The summed E-state index contributed by atoms with van der Waals surface area (Å²) >= 11 is 0. The molecule has 0 saturated carbocycles. The third-order valence-electron chi connectivity index (χ3n) is 5.98. The fourth-order valence-corrected chi connectivity index (χ4v) is 4.16. The van der Waals surface area contributed by atoms with Crippen LogP contribution in [0.4, 0.5) is 4.79 Å². The van der Waals surface area contributed by atoms with Crippen LogP contribution in [0.5, 0.6) is 5.75 Å². The number of amides is 3. The van der Waals surface area contributed by atoms with Crippen molar-refractivity contribution in [2.75, 3.05) is 13.1 Å². The van der Waals surface area contributed by atoms with Gasteiger partial charge in [0.15, 0.2) is 0 Å². The van der Waals surface area contributed by atoms with E-state index in [4.69, 9.17) is 9.57 Å². The monoisotopic (exact) mass is 525 g/mol. The van der Waals surface area contributed by atoms with E-state index in [-0.39, 0.29) is 17.2 Å². The number of aromatic hydroxyl groups is 1. The maximum atomic E-state index is 13.1. The lowest BCUT2D eigenvalue weighted by atomic mass is 9.88. The van der Waals surface area contributed by atoms with Crippen molar-refractivity contribution in [3.63, 3.8) is 0 Å². The molecule has 0 spiro atoms. The molecule has 1 heterocycles. The molecule has 1 fully saturated rings. The van der Waals surface area contributed by atoms with Gasteiger partial charge in [-0.15, -0.1) is 0 Å². The molecule has 0 radical (unpaired) electrons. The van der Waals surface area contributed by atoms with Gasteiger partial charge in [-0.3, -0.25) is 14.4 Å². The van der Waals surface area contributed by atoms with Crippen LogP contribution in [0.25, 0.3) is 0 Å². The third-order valence-corrected chi connectivity index (χ3v) is 5.98. The number of rotatable bonds is 6. The molecule has 0 bridgehead atoms. The fraction of sp³-hybridized carbons (Fsp3) is 0.483. The number of piperidine rings is 1. The van der Waals surface area contributed by atoms with Crippen LogP contribution < -0.4 is 10.8 Å². The highest BCUT2D eigenvalue weighted by molar-refractivity contribution is 5.99. The second-order valence-electron chi connectivity index (χ2n) is 11.5. The largest absolute Gasteiger partial charge is 0.507 e. The lowest BCUT2D eigenvalue weighted by Crippen LogP contribution is -2.38. The summed E-state index contributed by atoms with van der Waals surface area (Å²) in [4.78, 5) is 44.4. The minimum atomic E-state index is -0.583. The third kappa shape index (κ3) is 8.48. The molecule has 0 aliphatic carbocycles. The first-order valence-electron chi connectivity index (χ1n) is 12.9. The Bertz CT molecular complexity index is 1160. The molecule has 3 N–H and O–H groups in total. The summed E-state index contributed by atoms with van der Waals surface area (Å²) in [7, 11) is 0. The summed E-state index contributed by atoms with van der Waals surface area (Å²) in [6.07, 6.45) is 1.14. The highest BCUT2D eigenvalue weighted by atomic mass is 16.7. The summed E-state index contributed by atoms with van der Waals surface area (Å²) in [5.74, 6) is -0.756. The average molecular weight is 526 g/mol. The van der Waals surface area contributed by atoms with Crippen LogP contribution in [0.2, 0.25) is 0 Å². The van der Waals surface area contributed by atoms with E-state index in [2.05, 4.69) is 22.9 Å². The number of nitrogens with one attached hydrogen (secondary N) is 2. The molecule has 2 aromatic rings. The van der Waals surface area contributed by atoms with Gasteiger partial charge in [0.2, 0.25) is 0 Å². The van der Waals surface area contributed by atoms with Gasteiger partial charge in [0.25, 0.3) is 11.8 Å². The van der Waals surface area contributed by atoms with Gasteiger partial charge in [-0.05, 0) is 89.6 Å². The Labute approximate surface area is 224 Å². The molecule has 38 heavy (non-hydrogen) atoms. The van der Waals surface area contributed by atoms with Crippen LogP contribution in [0.1, 0.15) is 92.1 Å². The van der Waals surface area contributed by atoms with Gasteiger partial charge in [-0.1, -0.05) is 24.3 Å². The number of hydroxylamine groups is 1. The topological polar surface area (TPSA) is 117 Å². The van der Waals surface area contributed by atoms with Crippen LogP contribution in [0.3, 0.4) is 0 Å². The lowest BCUT2D eigenvalue weighted by molar-refractivity contribution is -0.0590. The minimum Gasteiger partial charge on any atom is -0.507 e. The van der Waals surface area contributed by atoms with E-state index < -0.39 is 23.2 Å². The molecule has 1 saturated heterocycles. The van der Waals surface area contributed by atoms with Crippen molar-refractivity contribution in [2.24, 2.45) is 0 Å². The van der Waals surface area contributed by atoms with E-state index in [0.29, 0.717) is 31.1 Å². The van der Waals surface area contributed by atoms with E-state index in [1.54, 1.807) is 31.7 Å². The predicted octanol–water partition coefficient (Wildman–Crippen LogP) is 4.90. The van der Waals surface area contributed by atoms with Gasteiger partial charge < -0.3 is 20.1 Å². The van der Waals surface area contributed by atoms with Crippen LogP contribution in [-0.2, 0) is 16.1 Å². The Balaban J connectivity index is 1.55. The van der Waals surface area contributed by atoms with Crippen molar-refractivity contribution < 1.29 is 29.1 Å². The summed E-state index contributed by atoms with van der Waals surface area (Å²) in [5.41, 5.74) is 3.71. The Morgan fingerprint density at radius 2 is 1.66 bits per heavy atom. The predicted molar refractivity (Wildman–Crippen MR) is 144 cm³/mol. The molecule has 0 atom stereocenters. The Kier molecular flexibility index (Phi) is 9.04. The maximum Gasteiger partial charge on any atom is 0.407 e. The van der Waals surface area contributed by atoms with E-state index in [1.807, 2.05) is 32.9 Å². The van der Waals surface area contributed by atoms with Crippen molar-refractivity contribution in [3.05, 3.63) is 64.7 Å². The standard InChI is InChI=1S/C29H39N3O6/c1-28(2,3)37-27(36)30-18-19-8-7-9-21(16-19)20-12-14-32(15-13-20)26(35)22-10-11-23(24(33)17-22)25(34)31-38-29(4,5)6/h7-11,16-17,20,33H,12-15,18H2,1-6H3,(H,30,36)(H,31,34). The Hall–Kier alpha value is -3.59. The summed E-state index contributed by atoms with van der Waals surface area (Å²) in [6, 6.07) is 12.4. The van der Waals surface area contributed by atoms with E-state index in [9.17, 15) is 19.5 Å². The van der Waals surface area contributed by atoms with E-state index >= 15 is 0 Å². The number of carbonyl (C=O) groups is 3. The maximum absolute atomic E-state index is 13.1. The van der Waals surface area contributed by atoms with Gasteiger partial charge >= 0.3 is 6.09 Å². The highest BCUT2D eigenvalue weighted by Crippen LogP contribution is 2.30. The molecule has 3 rings (SSSR count). The zero-order valence-electron chi connectivity index (χ0n) is 23.1. The first kappa shape index (κ1) is 29.0. The number of phenols is 1. The first-order valence-corrected chi connectivity index (χ1v) is 12.9. The number of likely N-dealkylation sites (tertiary alicyclic amines) is 1. The molecule has 206 valence electrons. The molecule has 0 unspecified atom stereocenters. The summed E-state index contributed by atoms with van der Waals surface area (Å²) in [5, 5.41) is 13.2. The number of ether oxygens (including phenoxy) is 1.